The van der Waals surface area contributed by atoms with E-state index in [9.17, 15) is 9.59 Å². The van der Waals surface area contributed by atoms with Gasteiger partial charge in [0.1, 0.15) is 11.3 Å². The molecule has 1 saturated heterocycles. The zero-order chi connectivity index (χ0) is 20.4. The highest BCUT2D eigenvalue weighted by Gasteiger charge is 2.35. The number of rotatable bonds is 5. The molecule has 8 heteroatoms. The first-order chi connectivity index (χ1) is 13.3. The second kappa shape index (κ2) is 8.28. The third-order valence-corrected chi connectivity index (χ3v) is 5.25. The second-order valence-corrected chi connectivity index (χ2v) is 7.54. The van der Waals surface area contributed by atoms with Gasteiger partial charge in [-0.05, 0) is 68.9 Å². The van der Waals surface area contributed by atoms with Gasteiger partial charge in [-0.3, -0.25) is 19.8 Å². The Balaban J connectivity index is 1.97. The predicted molar refractivity (Wildman–Crippen MR) is 117 cm³/mol. The molecule has 2 aromatic rings. The Bertz CT molecular complexity index is 979. The van der Waals surface area contributed by atoms with E-state index < -0.39 is 11.8 Å². The minimum Gasteiger partial charge on any atom is -0.441 e. The molecule has 2 amide bonds. The van der Waals surface area contributed by atoms with Crippen LogP contribution in [0.3, 0.4) is 0 Å². The molecule has 0 aliphatic carbocycles. The maximum absolute atomic E-state index is 13.1. The van der Waals surface area contributed by atoms with Crippen molar-refractivity contribution in [3.05, 3.63) is 51.7 Å². The van der Waals surface area contributed by atoms with Crippen LogP contribution >= 0.6 is 28.1 Å². The van der Waals surface area contributed by atoms with Gasteiger partial charge < -0.3 is 9.32 Å². The quantitative estimate of drug-likeness (QED) is 0.413. The fourth-order valence-corrected chi connectivity index (χ4v) is 3.76. The topological polar surface area (TPSA) is 65.8 Å². The van der Waals surface area contributed by atoms with Crippen LogP contribution in [0.4, 0.5) is 11.6 Å². The van der Waals surface area contributed by atoms with Crippen molar-refractivity contribution >= 4 is 62.7 Å². The number of hydrogen-bond acceptors (Lipinski definition) is 5. The third-order valence-electron chi connectivity index (χ3n) is 4.48. The summed E-state index contributed by atoms with van der Waals surface area (Å²) in [4.78, 5) is 28.9. The first-order valence-electron chi connectivity index (χ1n) is 8.88. The van der Waals surface area contributed by atoms with Crippen LogP contribution in [0.5, 0.6) is 0 Å². The number of halogens is 1. The highest BCUT2D eigenvalue weighted by atomic mass is 79.9. The number of aryl methyl sites for hydroxylation is 1. The molecule has 3 rings (SSSR count). The highest BCUT2D eigenvalue weighted by Crippen LogP contribution is 2.28. The Kier molecular flexibility index (Phi) is 6.00. The van der Waals surface area contributed by atoms with Gasteiger partial charge in [0.15, 0.2) is 11.0 Å². The molecule has 1 fully saturated rings. The molecule has 0 atom stereocenters. The summed E-state index contributed by atoms with van der Waals surface area (Å²) >= 11 is 8.66. The molecule has 6 nitrogen and oxygen atoms in total. The zero-order valence-electron chi connectivity index (χ0n) is 15.8. The van der Waals surface area contributed by atoms with Crippen LogP contribution in [-0.2, 0) is 9.59 Å². The van der Waals surface area contributed by atoms with E-state index in [1.165, 1.54) is 11.0 Å². The maximum atomic E-state index is 13.1. The Hall–Kier alpha value is -2.45. The number of furan rings is 1. The summed E-state index contributed by atoms with van der Waals surface area (Å²) in [6, 6.07) is 9.05. The van der Waals surface area contributed by atoms with Gasteiger partial charge in [-0.15, -0.1) is 0 Å². The highest BCUT2D eigenvalue weighted by molar-refractivity contribution is 9.10. The average molecular weight is 462 g/mol. The minimum absolute atomic E-state index is 0.0311. The summed E-state index contributed by atoms with van der Waals surface area (Å²) in [5.41, 5.74) is 1.44. The van der Waals surface area contributed by atoms with Crippen LogP contribution in [0.15, 0.2) is 44.8 Å². The van der Waals surface area contributed by atoms with Gasteiger partial charge in [0.2, 0.25) is 0 Å². The molecule has 1 N–H and O–H groups in total. The molecule has 1 aromatic carbocycles. The van der Waals surface area contributed by atoms with Crippen molar-refractivity contribution in [2.24, 2.45) is 0 Å². The van der Waals surface area contributed by atoms with E-state index in [4.69, 9.17) is 16.6 Å². The Morgan fingerprint density at radius 1 is 1.21 bits per heavy atom. The molecule has 146 valence electrons. The average Bonchev–Trinajstić information content (AvgIpc) is 3.10. The van der Waals surface area contributed by atoms with Crippen molar-refractivity contribution in [1.29, 1.82) is 0 Å². The van der Waals surface area contributed by atoms with Crippen molar-refractivity contribution in [2.45, 2.75) is 20.8 Å². The third kappa shape index (κ3) is 3.88. The maximum Gasteiger partial charge on any atom is 0.270 e. The summed E-state index contributed by atoms with van der Waals surface area (Å²) in [5, 5.41) is 2.64. The number of nitrogens with zero attached hydrogens (tertiary/aromatic N) is 2. The van der Waals surface area contributed by atoms with Crippen LogP contribution < -0.4 is 15.1 Å². The SMILES string of the molecule is CCN(CC)c1ccc(/C=C2\C(=O)NC(=S)N(c3ccc(Br)cc3C)C2=O)o1. The fraction of sp³-hybridized carbons (Fsp3) is 0.250. The molecule has 0 saturated carbocycles. The van der Waals surface area contributed by atoms with Crippen LogP contribution in [-0.4, -0.2) is 30.0 Å². The normalized spacial score (nSPS) is 15.9. The van der Waals surface area contributed by atoms with E-state index in [2.05, 4.69) is 21.2 Å². The standard InChI is InChI=1S/C20H20BrN3O3S/c1-4-23(5-2)17-9-7-14(27-17)11-15-18(25)22-20(28)24(19(15)26)16-8-6-13(21)10-12(16)3/h6-11H,4-5H2,1-3H3,(H,22,25,28)/b15-11+. The first kappa shape index (κ1) is 20.3. The molecule has 0 spiro atoms. The number of thiocarbonyl (C=S) groups is 1. The van der Waals surface area contributed by atoms with E-state index in [-0.39, 0.29) is 10.7 Å². The van der Waals surface area contributed by atoms with Crippen LogP contribution in [0.2, 0.25) is 0 Å². The van der Waals surface area contributed by atoms with Gasteiger partial charge in [-0.1, -0.05) is 15.9 Å². The molecule has 0 bridgehead atoms. The summed E-state index contributed by atoms with van der Waals surface area (Å²) in [6.45, 7) is 7.52. The number of anilines is 2. The van der Waals surface area contributed by atoms with Gasteiger partial charge >= 0.3 is 0 Å². The number of benzene rings is 1. The lowest BCUT2D eigenvalue weighted by Crippen LogP contribution is -2.54. The molecule has 1 aromatic heterocycles. The Morgan fingerprint density at radius 2 is 1.93 bits per heavy atom. The van der Waals surface area contributed by atoms with E-state index in [0.717, 1.165) is 23.1 Å². The van der Waals surface area contributed by atoms with Crippen molar-refractivity contribution in [3.8, 4) is 0 Å². The van der Waals surface area contributed by atoms with Gasteiger partial charge in [-0.25, -0.2) is 0 Å². The van der Waals surface area contributed by atoms with Crippen LogP contribution in [0, 0.1) is 6.92 Å². The van der Waals surface area contributed by atoms with Crippen molar-refractivity contribution in [2.75, 3.05) is 22.9 Å². The van der Waals surface area contributed by atoms with Gasteiger partial charge in [-0.2, -0.15) is 0 Å². The van der Waals surface area contributed by atoms with Gasteiger partial charge in [0.05, 0.1) is 5.69 Å². The zero-order valence-corrected chi connectivity index (χ0v) is 18.2. The van der Waals surface area contributed by atoms with E-state index in [1.54, 1.807) is 12.1 Å². The molecule has 1 aliphatic heterocycles. The molecular weight excluding hydrogens is 442 g/mol. The number of carbonyl (C=O) groups is 2. The number of nitrogens with one attached hydrogen (secondary N) is 1. The molecule has 0 radical (unpaired) electrons. The largest absolute Gasteiger partial charge is 0.441 e. The second-order valence-electron chi connectivity index (χ2n) is 6.24. The minimum atomic E-state index is -0.540. The monoisotopic (exact) mass is 461 g/mol. The molecule has 28 heavy (non-hydrogen) atoms. The number of hydrogen-bond donors (Lipinski definition) is 1. The van der Waals surface area contributed by atoms with Crippen molar-refractivity contribution in [3.63, 3.8) is 0 Å². The lowest BCUT2D eigenvalue weighted by Gasteiger charge is -2.30. The predicted octanol–water partition coefficient (Wildman–Crippen LogP) is 4.03. The fourth-order valence-electron chi connectivity index (χ4n) is 3.01. The summed E-state index contributed by atoms with van der Waals surface area (Å²) in [6.07, 6.45) is 1.45. The van der Waals surface area contributed by atoms with E-state index in [0.29, 0.717) is 17.3 Å². The van der Waals surface area contributed by atoms with Crippen molar-refractivity contribution in [1.82, 2.24) is 5.32 Å². The molecular formula is C20H20BrN3O3S. The lowest BCUT2D eigenvalue weighted by atomic mass is 10.1. The molecule has 2 heterocycles. The van der Waals surface area contributed by atoms with Crippen LogP contribution in [0.1, 0.15) is 25.2 Å². The first-order valence-corrected chi connectivity index (χ1v) is 10.1. The number of amides is 2. The van der Waals surface area contributed by atoms with Gasteiger partial charge in [0, 0.05) is 23.6 Å². The van der Waals surface area contributed by atoms with E-state index >= 15 is 0 Å². The van der Waals surface area contributed by atoms with Gasteiger partial charge in [0.25, 0.3) is 11.8 Å². The summed E-state index contributed by atoms with van der Waals surface area (Å²) in [5.74, 6) is 0.0964. The Morgan fingerprint density at radius 3 is 2.57 bits per heavy atom. The summed E-state index contributed by atoms with van der Waals surface area (Å²) < 4.78 is 6.69. The van der Waals surface area contributed by atoms with Crippen LogP contribution in [0.25, 0.3) is 6.08 Å². The number of carbonyl (C=O) groups excluding carboxylic acids is 2. The molecule has 0 unspecified atom stereocenters. The summed E-state index contributed by atoms with van der Waals surface area (Å²) in [7, 11) is 0. The van der Waals surface area contributed by atoms with E-state index in [1.807, 2.05) is 43.9 Å². The smallest absolute Gasteiger partial charge is 0.270 e. The Labute approximate surface area is 177 Å². The van der Waals surface area contributed by atoms with Crippen molar-refractivity contribution < 1.29 is 14.0 Å². The molecule has 1 aliphatic rings. The lowest BCUT2D eigenvalue weighted by molar-refractivity contribution is -0.122.